The molecule has 0 nitrogen and oxygen atoms in total. The van der Waals surface area contributed by atoms with E-state index in [1.807, 2.05) is 0 Å². The van der Waals surface area contributed by atoms with Crippen molar-refractivity contribution in [3.63, 3.8) is 0 Å². The van der Waals surface area contributed by atoms with Crippen LogP contribution >= 0.6 is 31.2 Å². The molecule has 0 atom stereocenters. The third-order valence-electron chi connectivity index (χ3n) is 4.89. The molecule has 28 heavy (non-hydrogen) atoms. The van der Waals surface area contributed by atoms with Gasteiger partial charge in [-0.25, -0.2) is 0 Å². The van der Waals surface area contributed by atoms with Crippen LogP contribution in [0.5, 0.6) is 0 Å². The first kappa shape index (κ1) is 27.1. The first-order valence-electron chi connectivity index (χ1n) is 10.3. The number of hydrogen-bond donors (Lipinski definition) is 1. The molecule has 151 valence electrons. The topological polar surface area (TPSA) is 0 Å². The maximum atomic E-state index is 6.29. The molecule has 2 rings (SSSR count). The number of rotatable bonds is 11. The molecule has 0 saturated heterocycles. The Labute approximate surface area is 202 Å². The second-order valence-corrected chi connectivity index (χ2v) is 35.9. The standard InChI is InChI=1S/C14H15SSi.2C4H9.2S.2Sn/c15-11-12-16(13-7-3-1-4-8-13)14-9-5-2-6-10-14;2*1-3-4-2;;;;/h1-10,15H,11-12H2;2*1,3-4H2,2H3;;;;. The zero-order chi connectivity index (χ0) is 20.7. The second-order valence-electron chi connectivity index (χ2n) is 6.89. The van der Waals surface area contributed by atoms with Gasteiger partial charge in [0.1, 0.15) is 0 Å². The van der Waals surface area contributed by atoms with E-state index in [4.69, 9.17) is 18.6 Å². The molecule has 0 aliphatic rings. The van der Waals surface area contributed by atoms with Crippen molar-refractivity contribution in [2.24, 2.45) is 0 Å². The normalized spacial score (nSPS) is 10.7. The fraction of sp³-hybridized carbons (Fsp3) is 0.455. The van der Waals surface area contributed by atoms with Gasteiger partial charge in [-0.3, -0.25) is 0 Å². The van der Waals surface area contributed by atoms with E-state index >= 15 is 0 Å². The number of benzene rings is 2. The number of unbranched alkanes of at least 4 members (excludes halogenated alkanes) is 2. The number of hydrogen-bond acceptors (Lipinski definition) is 3. The van der Waals surface area contributed by atoms with Crippen molar-refractivity contribution in [1.29, 1.82) is 0 Å². The summed E-state index contributed by atoms with van der Waals surface area (Å²) in [6.07, 6.45) is 5.28. The predicted molar refractivity (Wildman–Crippen MR) is 143 cm³/mol. The van der Waals surface area contributed by atoms with Gasteiger partial charge in [-0.05, 0) is 0 Å². The van der Waals surface area contributed by atoms with Crippen molar-refractivity contribution in [3.8, 4) is 0 Å². The Morgan fingerprint density at radius 3 is 1.75 bits per heavy atom. The summed E-state index contributed by atoms with van der Waals surface area (Å²) in [6.45, 7) is 4.49. The van der Waals surface area contributed by atoms with Crippen LogP contribution in [-0.2, 0) is 0 Å². The van der Waals surface area contributed by atoms with E-state index in [1.165, 1.54) is 40.6 Å². The summed E-state index contributed by atoms with van der Waals surface area (Å²) in [5.74, 6) is 0.947. The molecular weight excluding hydrogens is 626 g/mol. The van der Waals surface area contributed by atoms with Crippen LogP contribution < -0.4 is 10.4 Å². The first-order valence-corrected chi connectivity index (χ1v) is 29.2. The van der Waals surface area contributed by atoms with Crippen LogP contribution in [0.4, 0.5) is 0 Å². The molecule has 2 aromatic rings. The molecule has 0 aliphatic heterocycles. The zero-order valence-electron chi connectivity index (χ0n) is 17.2. The molecule has 0 saturated carbocycles. The molecule has 0 bridgehead atoms. The second kappa shape index (κ2) is 16.7. The van der Waals surface area contributed by atoms with Gasteiger partial charge >= 0.3 is 204 Å². The van der Waals surface area contributed by atoms with Gasteiger partial charge in [-0.15, -0.1) is 0 Å². The minimum atomic E-state index is -1.93. The van der Waals surface area contributed by atoms with Gasteiger partial charge in [0.2, 0.25) is 0 Å². The van der Waals surface area contributed by atoms with Crippen LogP contribution in [0.3, 0.4) is 0 Å². The quantitative estimate of drug-likeness (QED) is 0.172. The van der Waals surface area contributed by atoms with E-state index in [-0.39, 0.29) is 19.2 Å². The van der Waals surface area contributed by atoms with E-state index in [0.717, 1.165) is 5.75 Å². The Hall–Kier alpha value is 1.04. The van der Waals surface area contributed by atoms with Gasteiger partial charge in [0.25, 0.3) is 0 Å². The summed E-state index contributed by atoms with van der Waals surface area (Å²) < 4.78 is 2.73. The summed E-state index contributed by atoms with van der Waals surface area (Å²) in [5, 5.41) is 3.10. The summed E-state index contributed by atoms with van der Waals surface area (Å²) in [6, 6.07) is 23.5. The first-order chi connectivity index (χ1) is 13.7. The van der Waals surface area contributed by atoms with Gasteiger partial charge in [-0.2, -0.15) is 0 Å². The summed E-state index contributed by atoms with van der Waals surface area (Å²) in [4.78, 5) is 0. The fourth-order valence-corrected chi connectivity index (χ4v) is 39.0. The average molecular weight is 659 g/mol. The Kier molecular flexibility index (Phi) is 16.2. The maximum absolute atomic E-state index is 6.29. The Balaban J connectivity index is 0.000000568. The van der Waals surface area contributed by atoms with Crippen molar-refractivity contribution < 1.29 is 0 Å². The molecule has 0 spiro atoms. The molecule has 0 aliphatic carbocycles. The van der Waals surface area contributed by atoms with E-state index < -0.39 is 22.6 Å². The Morgan fingerprint density at radius 2 is 1.39 bits per heavy atom. The molecule has 0 aromatic heterocycles. The molecule has 6 heteroatoms. The molecule has 0 unspecified atom stereocenters. The SMILES string of the molecule is CCC[CH2][Sn](=[S])[Si](CCS)(c1ccccc1)c1ccccc1.CCC[CH2][Sn]=[S]. The van der Waals surface area contributed by atoms with Crippen LogP contribution in [0, 0.1) is 0 Å². The van der Waals surface area contributed by atoms with E-state index in [1.54, 1.807) is 10.4 Å². The minimum absolute atomic E-state index is 0.227. The van der Waals surface area contributed by atoms with E-state index in [2.05, 4.69) is 87.1 Å². The molecule has 1 radical (unpaired) electrons. The van der Waals surface area contributed by atoms with E-state index in [9.17, 15) is 0 Å². The van der Waals surface area contributed by atoms with Gasteiger partial charge in [-0.1, -0.05) is 0 Å². The van der Waals surface area contributed by atoms with Crippen molar-refractivity contribution in [3.05, 3.63) is 60.7 Å². The number of thiol groups is 1. The summed E-state index contributed by atoms with van der Waals surface area (Å²) in [5.41, 5.74) is -1.75. The molecule has 0 fully saturated rings. The predicted octanol–water partition coefficient (Wildman–Crippen LogP) is 6.27. The third-order valence-corrected chi connectivity index (χ3v) is 40.7. The van der Waals surface area contributed by atoms with Crippen molar-refractivity contribution in [1.82, 2.24) is 0 Å². The van der Waals surface area contributed by atoms with Gasteiger partial charge in [0.05, 0.1) is 0 Å². The van der Waals surface area contributed by atoms with Crippen molar-refractivity contribution >= 4 is 83.4 Å². The van der Waals surface area contributed by atoms with E-state index in [0.29, 0.717) is 0 Å². The molecule has 0 N–H and O–H groups in total. The molecular formula is C22H33S3SiSn2. The van der Waals surface area contributed by atoms with Crippen LogP contribution in [0.25, 0.3) is 0 Å². The van der Waals surface area contributed by atoms with Gasteiger partial charge in [0, 0.05) is 0 Å². The molecule has 0 amide bonds. The van der Waals surface area contributed by atoms with Crippen molar-refractivity contribution in [2.75, 3.05) is 5.75 Å². The van der Waals surface area contributed by atoms with Crippen LogP contribution in [0.1, 0.15) is 39.5 Å². The summed E-state index contributed by atoms with van der Waals surface area (Å²) >= 11 is 2.46. The third kappa shape index (κ3) is 8.65. The van der Waals surface area contributed by atoms with Crippen molar-refractivity contribution in [2.45, 2.75) is 54.4 Å². The molecule has 0 heterocycles. The summed E-state index contributed by atoms with van der Waals surface area (Å²) in [7, 11) is 11.2. The zero-order valence-corrected chi connectivity index (χ0v) is 26.4. The van der Waals surface area contributed by atoms with Crippen LogP contribution in [0.2, 0.25) is 14.9 Å². The van der Waals surface area contributed by atoms with Gasteiger partial charge in [0.15, 0.2) is 0 Å². The van der Waals surface area contributed by atoms with Crippen LogP contribution in [0.15, 0.2) is 60.7 Å². The molecule has 2 aromatic carbocycles. The van der Waals surface area contributed by atoms with Crippen LogP contribution in [-0.4, -0.2) is 47.6 Å². The monoisotopic (exact) mass is 661 g/mol. The Bertz CT molecular complexity index is 641. The fourth-order valence-electron chi connectivity index (χ4n) is 3.33. The van der Waals surface area contributed by atoms with Gasteiger partial charge < -0.3 is 0 Å². The Morgan fingerprint density at radius 1 is 0.893 bits per heavy atom. The average Bonchev–Trinajstić information content (AvgIpc) is 2.76.